The largest absolute Gasteiger partial charge is 0.373 e. The van der Waals surface area contributed by atoms with Crippen molar-refractivity contribution >= 4 is 17.6 Å². The molecule has 3 unspecified atom stereocenters. The number of dihydropyridines is 1. The summed E-state index contributed by atoms with van der Waals surface area (Å²) in [7, 11) is 1.67. The molecule has 1 amide bonds. The number of carbonyl (C=O) groups excluding carboxylic acids is 1. The van der Waals surface area contributed by atoms with E-state index in [-0.39, 0.29) is 30.1 Å². The minimum absolute atomic E-state index is 0.00852. The zero-order chi connectivity index (χ0) is 20.1. The normalized spacial score (nSPS) is 32.9. The molecule has 152 valence electrons. The number of rotatable bonds is 2. The van der Waals surface area contributed by atoms with Crippen molar-refractivity contribution in [3.05, 3.63) is 47.2 Å². The van der Waals surface area contributed by atoms with Crippen LogP contribution >= 0.6 is 0 Å². The van der Waals surface area contributed by atoms with Crippen LogP contribution in [0.1, 0.15) is 26.2 Å². The van der Waals surface area contributed by atoms with Gasteiger partial charge in [-0.3, -0.25) is 14.8 Å². The number of amidine groups is 2. The predicted octanol–water partition coefficient (Wildman–Crippen LogP) is 1.12. The van der Waals surface area contributed by atoms with E-state index in [0.717, 1.165) is 49.6 Å². The number of nitrogens with one attached hydrogen (secondary N) is 1. The van der Waals surface area contributed by atoms with Gasteiger partial charge in [-0.05, 0) is 25.8 Å². The summed E-state index contributed by atoms with van der Waals surface area (Å²) < 4.78 is 0. The van der Waals surface area contributed by atoms with Crippen molar-refractivity contribution in [2.24, 2.45) is 15.7 Å². The highest BCUT2D eigenvalue weighted by molar-refractivity contribution is 6.31. The van der Waals surface area contributed by atoms with E-state index in [2.05, 4.69) is 40.3 Å². The van der Waals surface area contributed by atoms with Gasteiger partial charge < -0.3 is 20.9 Å². The van der Waals surface area contributed by atoms with Crippen molar-refractivity contribution in [1.29, 1.82) is 0 Å². The first kappa shape index (κ1) is 18.4. The maximum atomic E-state index is 12.8. The molecule has 3 N–H and O–H groups in total. The Hall–Kier alpha value is -2.67. The number of allylic oxidation sites excluding steroid dienone is 2. The van der Waals surface area contributed by atoms with Crippen molar-refractivity contribution in [3.63, 3.8) is 0 Å². The van der Waals surface area contributed by atoms with Crippen molar-refractivity contribution in [2.45, 2.75) is 50.4 Å². The number of amides is 1. The van der Waals surface area contributed by atoms with E-state index in [1.54, 1.807) is 7.05 Å². The number of nitrogens with zero attached hydrogens (tertiary/aromatic N) is 4. The van der Waals surface area contributed by atoms with Crippen molar-refractivity contribution in [1.82, 2.24) is 15.1 Å². The van der Waals surface area contributed by atoms with Gasteiger partial charge in [0.1, 0.15) is 11.7 Å². The average molecular weight is 393 g/mol. The van der Waals surface area contributed by atoms with Crippen LogP contribution in [0.4, 0.5) is 0 Å². The van der Waals surface area contributed by atoms with Crippen LogP contribution in [0.5, 0.6) is 0 Å². The third-order valence-corrected chi connectivity index (χ3v) is 6.33. The summed E-state index contributed by atoms with van der Waals surface area (Å²) in [6, 6.07) is 0.446. The molecule has 0 radical (unpaired) electrons. The smallest absolute Gasteiger partial charge is 0.254 e. The van der Waals surface area contributed by atoms with Crippen LogP contribution in [-0.2, 0) is 4.79 Å². The quantitative estimate of drug-likeness (QED) is 0.737. The molecule has 0 bridgehead atoms. The van der Waals surface area contributed by atoms with Gasteiger partial charge in [-0.1, -0.05) is 24.3 Å². The van der Waals surface area contributed by atoms with E-state index in [0.29, 0.717) is 5.57 Å². The van der Waals surface area contributed by atoms with Gasteiger partial charge in [-0.15, -0.1) is 0 Å². The lowest BCUT2D eigenvalue weighted by molar-refractivity contribution is -0.116. The molecule has 7 heteroatoms. The number of carbonyl (C=O) groups is 1. The number of hydrogen-bond donors (Lipinski definition) is 2. The Kier molecular flexibility index (Phi) is 4.42. The van der Waals surface area contributed by atoms with Crippen LogP contribution in [0.15, 0.2) is 57.2 Å². The number of fused-ring (bicyclic) bond motifs is 5. The fourth-order valence-corrected chi connectivity index (χ4v) is 4.98. The molecule has 5 aliphatic rings. The maximum Gasteiger partial charge on any atom is 0.254 e. The van der Waals surface area contributed by atoms with E-state index in [9.17, 15) is 4.79 Å². The summed E-state index contributed by atoms with van der Waals surface area (Å²) in [5.74, 6) is 1.55. The molecule has 1 fully saturated rings. The van der Waals surface area contributed by atoms with Crippen LogP contribution in [0.25, 0.3) is 0 Å². The van der Waals surface area contributed by atoms with E-state index >= 15 is 0 Å². The number of aliphatic imine (C=N–C) groups is 2. The highest BCUT2D eigenvalue weighted by Gasteiger charge is 2.45. The highest BCUT2D eigenvalue weighted by atomic mass is 16.1. The minimum Gasteiger partial charge on any atom is -0.373 e. The standard InChI is InChI=1S/C22H28N6O/c1-13-10-19(27-9-5-6-14(23)12-27)15-11-16(22(29)24-2)21-26-17-7-3-4-8-18(17)28(21)20(15)25-13/h3-4,7-8,11,13-14,17-18H,5-6,9-10,12,23H2,1-2H3,(H,24,29)/t13?,14-,17?,18?/m1/s1. The summed E-state index contributed by atoms with van der Waals surface area (Å²) in [4.78, 5) is 27.3. The average Bonchev–Trinajstić information content (AvgIpc) is 3.12. The van der Waals surface area contributed by atoms with Gasteiger partial charge in [0.25, 0.3) is 5.91 Å². The second-order valence-corrected chi connectivity index (χ2v) is 8.43. The molecule has 0 aromatic heterocycles. The fourth-order valence-electron chi connectivity index (χ4n) is 4.98. The summed E-state index contributed by atoms with van der Waals surface area (Å²) in [5, 5.41) is 2.79. The number of piperidine rings is 1. The maximum absolute atomic E-state index is 12.8. The lowest BCUT2D eigenvalue weighted by atomic mass is 9.91. The molecule has 1 aliphatic carbocycles. The Morgan fingerprint density at radius 1 is 1.24 bits per heavy atom. The summed E-state index contributed by atoms with van der Waals surface area (Å²) >= 11 is 0. The first-order chi connectivity index (χ1) is 14.1. The van der Waals surface area contributed by atoms with Gasteiger partial charge >= 0.3 is 0 Å². The monoisotopic (exact) mass is 392 g/mol. The Morgan fingerprint density at radius 3 is 2.86 bits per heavy atom. The molecule has 0 aromatic carbocycles. The molecule has 7 nitrogen and oxygen atoms in total. The SMILES string of the molecule is CNC(=O)C1=CC2=C(N3CCC[C@@H](N)C3)CC(C)N=C2N2C1=NC1C=CC=CC12. The summed E-state index contributed by atoms with van der Waals surface area (Å²) in [5.41, 5.74) is 9.22. The zero-order valence-electron chi connectivity index (χ0n) is 17.0. The third-order valence-electron chi connectivity index (χ3n) is 6.33. The zero-order valence-corrected chi connectivity index (χ0v) is 17.0. The highest BCUT2D eigenvalue weighted by Crippen LogP contribution is 2.37. The second kappa shape index (κ2) is 6.99. The van der Waals surface area contributed by atoms with Crippen LogP contribution in [-0.4, -0.2) is 71.7 Å². The molecule has 0 saturated carbocycles. The van der Waals surface area contributed by atoms with E-state index in [4.69, 9.17) is 15.7 Å². The van der Waals surface area contributed by atoms with Gasteiger partial charge in [0.05, 0.1) is 23.7 Å². The van der Waals surface area contributed by atoms with Crippen molar-refractivity contribution in [3.8, 4) is 0 Å². The molecule has 5 rings (SSSR count). The van der Waals surface area contributed by atoms with Crippen LogP contribution in [0.3, 0.4) is 0 Å². The van der Waals surface area contributed by atoms with Gasteiger partial charge in [0.15, 0.2) is 0 Å². The predicted molar refractivity (Wildman–Crippen MR) is 115 cm³/mol. The number of hydrogen-bond acceptors (Lipinski definition) is 6. The molecule has 4 aliphatic heterocycles. The van der Waals surface area contributed by atoms with Crippen LogP contribution < -0.4 is 11.1 Å². The molecule has 1 saturated heterocycles. The first-order valence-corrected chi connectivity index (χ1v) is 10.5. The van der Waals surface area contributed by atoms with Gasteiger partial charge in [-0.25, -0.2) is 0 Å². The molecular formula is C22H28N6O. The van der Waals surface area contributed by atoms with Crippen molar-refractivity contribution in [2.75, 3.05) is 20.1 Å². The Morgan fingerprint density at radius 2 is 2.07 bits per heavy atom. The molecule has 0 spiro atoms. The lowest BCUT2D eigenvalue weighted by Gasteiger charge is -2.42. The summed E-state index contributed by atoms with van der Waals surface area (Å²) in [6.45, 7) is 4.02. The van der Waals surface area contributed by atoms with Gasteiger partial charge in [0.2, 0.25) is 0 Å². The Labute approximate surface area is 171 Å². The molecule has 4 atom stereocenters. The number of likely N-dealkylation sites (N-methyl/N-ethyl adjacent to an activating group) is 1. The molecule has 0 aromatic rings. The fraction of sp³-hybridized carbons (Fsp3) is 0.500. The Bertz CT molecular complexity index is 924. The van der Waals surface area contributed by atoms with Crippen molar-refractivity contribution < 1.29 is 4.79 Å². The van der Waals surface area contributed by atoms with E-state index in [1.165, 1.54) is 5.70 Å². The van der Waals surface area contributed by atoms with E-state index in [1.807, 2.05) is 12.2 Å². The molecule has 29 heavy (non-hydrogen) atoms. The van der Waals surface area contributed by atoms with Gasteiger partial charge in [-0.2, -0.15) is 0 Å². The lowest BCUT2D eigenvalue weighted by Crippen LogP contribution is -2.51. The molecular weight excluding hydrogens is 364 g/mol. The van der Waals surface area contributed by atoms with Crippen LogP contribution in [0, 0.1) is 0 Å². The topological polar surface area (TPSA) is 86.3 Å². The third kappa shape index (κ3) is 2.95. The minimum atomic E-state index is -0.111. The second-order valence-electron chi connectivity index (χ2n) is 8.43. The number of nitrogens with two attached hydrogens (primary N) is 1. The first-order valence-electron chi connectivity index (χ1n) is 10.5. The van der Waals surface area contributed by atoms with Gasteiger partial charge in [0, 0.05) is 43.9 Å². The van der Waals surface area contributed by atoms with Crippen LogP contribution in [0.2, 0.25) is 0 Å². The summed E-state index contributed by atoms with van der Waals surface area (Å²) in [6.07, 6.45) is 13.4. The number of likely N-dealkylation sites (tertiary alicyclic amines) is 1. The molecule has 4 heterocycles. The Balaban J connectivity index is 1.66. The van der Waals surface area contributed by atoms with E-state index < -0.39 is 0 Å².